The summed E-state index contributed by atoms with van der Waals surface area (Å²) in [6.45, 7) is 19.7. The third-order valence-corrected chi connectivity index (χ3v) is 11.7. The molecule has 306 valence electrons. The minimum Gasteiger partial charge on any atom is -0.459 e. The van der Waals surface area contributed by atoms with Crippen LogP contribution in [0.15, 0.2) is 53.6 Å². The Hall–Kier alpha value is -3.10. The van der Waals surface area contributed by atoms with Gasteiger partial charge in [0.25, 0.3) is 0 Å². The van der Waals surface area contributed by atoms with Crippen LogP contribution in [-0.2, 0) is 38.1 Å². The average Bonchev–Trinajstić information content (AvgIpc) is 3.14. The van der Waals surface area contributed by atoms with Gasteiger partial charge in [-0.2, -0.15) is 0 Å². The first-order chi connectivity index (χ1) is 25.7. The molecule has 2 bridgehead atoms. The SMILES string of the molecule is C=C(/C=C1/COC2C(C)C(=NC(C)=O)C(C)C[C@@](C)(OC1)C(O[C@@H]1O[C@H](C)C[C@H](N(C)C)C1O)[C@@H](C)C(=O)[C@@H](C)C(=O)O[C@H](CC)[C@@]2(C)O)c1ccccc1. The van der Waals surface area contributed by atoms with Crippen molar-refractivity contribution in [2.75, 3.05) is 27.3 Å². The van der Waals surface area contributed by atoms with Gasteiger partial charge in [-0.15, -0.1) is 0 Å². The average molecular weight is 769 g/mol. The molecule has 3 aliphatic heterocycles. The summed E-state index contributed by atoms with van der Waals surface area (Å²) >= 11 is 0. The summed E-state index contributed by atoms with van der Waals surface area (Å²) in [5.41, 5.74) is -0.395. The Kier molecular flexibility index (Phi) is 15.0. The minimum absolute atomic E-state index is 0.00522. The molecule has 4 rings (SSSR count). The van der Waals surface area contributed by atoms with Crippen molar-refractivity contribution in [2.24, 2.45) is 28.7 Å². The Morgan fingerprint density at radius 2 is 1.73 bits per heavy atom. The van der Waals surface area contributed by atoms with Gasteiger partial charge in [0.05, 0.1) is 37.1 Å². The summed E-state index contributed by atoms with van der Waals surface area (Å²) in [7, 11) is 3.76. The maximum atomic E-state index is 14.5. The van der Waals surface area contributed by atoms with Crippen molar-refractivity contribution in [1.29, 1.82) is 0 Å². The maximum Gasteiger partial charge on any atom is 0.316 e. The quantitative estimate of drug-likeness (QED) is 0.291. The molecule has 3 aliphatic rings. The number of likely N-dealkylation sites (N-methyl/N-ethyl adjacent to an activating group) is 1. The van der Waals surface area contributed by atoms with E-state index in [0.717, 1.165) is 5.56 Å². The van der Waals surface area contributed by atoms with Gasteiger partial charge >= 0.3 is 5.97 Å². The van der Waals surface area contributed by atoms with Crippen LogP contribution in [0.1, 0.15) is 87.1 Å². The highest BCUT2D eigenvalue weighted by molar-refractivity contribution is 6.00. The van der Waals surface area contributed by atoms with Gasteiger partial charge in [-0.1, -0.05) is 70.7 Å². The molecule has 2 N–H and O–H groups in total. The van der Waals surface area contributed by atoms with Crippen LogP contribution in [0.3, 0.4) is 0 Å². The largest absolute Gasteiger partial charge is 0.459 e. The van der Waals surface area contributed by atoms with Crippen LogP contribution in [0, 0.1) is 23.7 Å². The molecule has 3 fully saturated rings. The lowest BCUT2D eigenvalue weighted by Crippen LogP contribution is -2.60. The molecular formula is C43H64N2O10. The van der Waals surface area contributed by atoms with E-state index in [2.05, 4.69) is 11.6 Å². The molecular weight excluding hydrogens is 704 g/mol. The molecule has 3 heterocycles. The number of rotatable bonds is 6. The molecule has 5 unspecified atom stereocenters. The number of nitrogens with zero attached hydrogens (tertiary/aromatic N) is 2. The Morgan fingerprint density at radius 1 is 1.07 bits per heavy atom. The van der Waals surface area contributed by atoms with E-state index in [1.165, 1.54) is 13.8 Å². The van der Waals surface area contributed by atoms with E-state index in [-0.39, 0.29) is 38.2 Å². The van der Waals surface area contributed by atoms with Gasteiger partial charge in [0.2, 0.25) is 5.91 Å². The number of fused-ring (bicyclic) bond motifs is 5. The first-order valence-electron chi connectivity index (χ1n) is 19.6. The van der Waals surface area contributed by atoms with E-state index in [1.807, 2.05) is 83.1 Å². The fourth-order valence-corrected chi connectivity index (χ4v) is 8.64. The van der Waals surface area contributed by atoms with Crippen LogP contribution in [0.2, 0.25) is 0 Å². The number of esters is 1. The van der Waals surface area contributed by atoms with E-state index in [4.69, 9.17) is 23.7 Å². The van der Waals surface area contributed by atoms with E-state index in [1.54, 1.807) is 20.8 Å². The third-order valence-electron chi connectivity index (χ3n) is 11.7. The van der Waals surface area contributed by atoms with Crippen molar-refractivity contribution < 1.29 is 48.3 Å². The number of amides is 1. The number of hydrogen-bond donors (Lipinski definition) is 2. The lowest BCUT2D eigenvalue weighted by Gasteiger charge is -2.47. The normalized spacial score (nSPS) is 39.9. The second-order valence-electron chi connectivity index (χ2n) is 16.6. The fraction of sp³-hybridized carbons (Fsp3) is 0.674. The van der Waals surface area contributed by atoms with Gasteiger partial charge in [0.15, 0.2) is 12.1 Å². The highest BCUT2D eigenvalue weighted by Gasteiger charge is 2.53. The van der Waals surface area contributed by atoms with Gasteiger partial charge in [-0.3, -0.25) is 14.4 Å². The Bertz CT molecular complexity index is 1590. The van der Waals surface area contributed by atoms with Gasteiger partial charge < -0.3 is 38.8 Å². The van der Waals surface area contributed by atoms with E-state index < -0.39 is 83.2 Å². The molecule has 1 aromatic carbocycles. The Morgan fingerprint density at radius 3 is 2.33 bits per heavy atom. The smallest absolute Gasteiger partial charge is 0.316 e. The number of carbonyl (C=O) groups excluding carboxylic acids is 3. The monoisotopic (exact) mass is 768 g/mol. The predicted molar refractivity (Wildman–Crippen MR) is 210 cm³/mol. The zero-order valence-corrected chi connectivity index (χ0v) is 34.6. The van der Waals surface area contributed by atoms with Crippen molar-refractivity contribution in [3.63, 3.8) is 0 Å². The molecule has 3 saturated heterocycles. The summed E-state index contributed by atoms with van der Waals surface area (Å²) in [6.07, 6.45) is -2.84. The Balaban J connectivity index is 2.00. The fourth-order valence-electron chi connectivity index (χ4n) is 8.64. The van der Waals surface area contributed by atoms with Crippen LogP contribution in [0.25, 0.3) is 5.57 Å². The number of hydrogen-bond acceptors (Lipinski definition) is 11. The summed E-state index contributed by atoms with van der Waals surface area (Å²) < 4.78 is 32.7. The maximum absolute atomic E-state index is 14.5. The molecule has 1 amide bonds. The van der Waals surface area contributed by atoms with Gasteiger partial charge in [-0.05, 0) is 83.7 Å². The number of cyclic esters (lactones) is 1. The number of ether oxygens (including phenoxy) is 5. The Labute approximate surface area is 327 Å². The molecule has 55 heavy (non-hydrogen) atoms. The third kappa shape index (κ3) is 10.3. The highest BCUT2D eigenvalue weighted by atomic mass is 16.7. The molecule has 13 atom stereocenters. The second kappa shape index (κ2) is 18.4. The minimum atomic E-state index is -1.79. The molecule has 0 aromatic heterocycles. The van der Waals surface area contributed by atoms with Crippen LogP contribution in [-0.4, -0.2) is 120 Å². The van der Waals surface area contributed by atoms with Crippen molar-refractivity contribution >= 4 is 28.9 Å². The highest BCUT2D eigenvalue weighted by Crippen LogP contribution is 2.40. The van der Waals surface area contributed by atoms with Crippen LogP contribution in [0.5, 0.6) is 0 Å². The van der Waals surface area contributed by atoms with Crippen molar-refractivity contribution in [3.8, 4) is 0 Å². The lowest BCUT2D eigenvalue weighted by molar-refractivity contribution is -0.296. The summed E-state index contributed by atoms with van der Waals surface area (Å²) in [4.78, 5) is 47.6. The number of allylic oxidation sites excluding steroid dienone is 2. The first-order valence-corrected chi connectivity index (χ1v) is 19.6. The molecule has 12 nitrogen and oxygen atoms in total. The van der Waals surface area contributed by atoms with Crippen LogP contribution in [0.4, 0.5) is 0 Å². The van der Waals surface area contributed by atoms with Crippen molar-refractivity contribution in [1.82, 2.24) is 4.90 Å². The number of ketones is 1. The van der Waals surface area contributed by atoms with Gasteiger partial charge in [0.1, 0.15) is 23.7 Å². The lowest BCUT2D eigenvalue weighted by atomic mass is 9.73. The first kappa shape index (κ1) is 44.6. The number of carbonyl (C=O) groups is 3. The second-order valence-corrected chi connectivity index (χ2v) is 16.6. The van der Waals surface area contributed by atoms with Gasteiger partial charge in [-0.25, -0.2) is 4.99 Å². The number of Topliss-reactive ketones (excluding diaryl/α,β-unsaturated/α-hetero) is 1. The topological polar surface area (TPSA) is 153 Å². The number of aliphatic hydroxyl groups excluding tert-OH is 1. The number of benzene rings is 1. The molecule has 12 heteroatoms. The zero-order chi connectivity index (χ0) is 41.0. The summed E-state index contributed by atoms with van der Waals surface area (Å²) in [6, 6.07) is 9.36. The van der Waals surface area contributed by atoms with E-state index in [0.29, 0.717) is 23.3 Å². The predicted octanol–water partition coefficient (Wildman–Crippen LogP) is 5.19. The molecule has 0 spiro atoms. The zero-order valence-electron chi connectivity index (χ0n) is 34.6. The van der Waals surface area contributed by atoms with E-state index in [9.17, 15) is 24.6 Å². The molecule has 0 aliphatic carbocycles. The van der Waals surface area contributed by atoms with Crippen LogP contribution < -0.4 is 0 Å². The number of aliphatic imine (C=N–C) groups is 1. The number of aliphatic hydroxyl groups is 2. The van der Waals surface area contributed by atoms with Crippen molar-refractivity contribution in [3.05, 3.63) is 54.1 Å². The van der Waals surface area contributed by atoms with Gasteiger partial charge in [0, 0.05) is 30.5 Å². The molecule has 0 radical (unpaired) electrons. The molecule has 1 aromatic rings. The van der Waals surface area contributed by atoms with Crippen molar-refractivity contribution in [2.45, 2.75) is 136 Å². The van der Waals surface area contributed by atoms with Crippen LogP contribution >= 0.6 is 0 Å². The molecule has 0 saturated carbocycles. The summed E-state index contributed by atoms with van der Waals surface area (Å²) in [5, 5.41) is 24.1. The van der Waals surface area contributed by atoms with E-state index >= 15 is 0 Å². The standard InChI is InChI=1S/C43H64N2O10/c1-13-34-43(10,50)39-27(5)35(44-30(8)46)25(3)21-42(9,52-23-31(22-51-39)19-24(2)32-17-15-14-16-18-32)38(28(6)36(47)29(7)40(49)54-34)55-41-37(48)33(45(11)12)20-26(4)53-41/h14-19,25-29,33-34,37-39,41,48,50H,2,13,20-23H2,1,3-12H3/b31-19-,44-35?/t25?,26-,27?,28+,29-,33+,34-,37?,38?,39?,41+,42-,43-/m1/s1. The summed E-state index contributed by atoms with van der Waals surface area (Å²) in [5.74, 6) is -5.05.